The highest BCUT2D eigenvalue weighted by atomic mass is 16.3. The van der Waals surface area contributed by atoms with Gasteiger partial charge in [0.05, 0.1) is 0 Å². The summed E-state index contributed by atoms with van der Waals surface area (Å²) in [6.07, 6.45) is 3.46. The molecule has 0 aromatic heterocycles. The van der Waals surface area contributed by atoms with Crippen LogP contribution < -0.4 is 0 Å². The minimum atomic E-state index is -0.453. The summed E-state index contributed by atoms with van der Waals surface area (Å²) < 4.78 is 0. The van der Waals surface area contributed by atoms with Gasteiger partial charge in [-0.3, -0.25) is 9.59 Å². The summed E-state index contributed by atoms with van der Waals surface area (Å²) in [5.41, 5.74) is 3.05. The Morgan fingerprint density at radius 1 is 1.35 bits per heavy atom. The van der Waals surface area contributed by atoms with E-state index < -0.39 is 6.61 Å². The number of carbonyl (C=O) groups excluding carboxylic acids is 2. The summed E-state index contributed by atoms with van der Waals surface area (Å²) in [7, 11) is 1.86. The molecule has 1 aliphatic carbocycles. The highest BCUT2D eigenvalue weighted by Crippen LogP contribution is 2.42. The van der Waals surface area contributed by atoms with Crippen LogP contribution in [0.1, 0.15) is 34.3 Å². The Balaban J connectivity index is 1.90. The predicted molar refractivity (Wildman–Crippen MR) is 74.6 cm³/mol. The maximum absolute atomic E-state index is 11.8. The monoisotopic (exact) mass is 273 g/mol. The summed E-state index contributed by atoms with van der Waals surface area (Å²) in [6, 6.07) is 5.68. The third-order valence-electron chi connectivity index (χ3n) is 4.69. The van der Waals surface area contributed by atoms with E-state index in [9.17, 15) is 9.59 Å². The zero-order valence-electron chi connectivity index (χ0n) is 11.7. The smallest absolute Gasteiger partial charge is 0.222 e. The van der Waals surface area contributed by atoms with E-state index in [1.165, 1.54) is 11.1 Å². The molecule has 1 saturated heterocycles. The van der Waals surface area contributed by atoms with E-state index in [1.807, 2.05) is 24.1 Å². The van der Waals surface area contributed by atoms with E-state index >= 15 is 0 Å². The van der Waals surface area contributed by atoms with Gasteiger partial charge in [-0.05, 0) is 36.5 Å². The van der Waals surface area contributed by atoms with Crippen molar-refractivity contribution >= 4 is 11.7 Å². The molecule has 1 aliphatic heterocycles. The molecule has 1 unspecified atom stereocenters. The number of likely N-dealkylation sites (tertiary alicyclic amines) is 1. The Bertz CT molecular complexity index is 581. The third kappa shape index (κ3) is 2.14. The summed E-state index contributed by atoms with van der Waals surface area (Å²) >= 11 is 0. The van der Waals surface area contributed by atoms with Crippen molar-refractivity contribution in [1.82, 2.24) is 4.90 Å². The number of fused-ring (bicyclic) bond motifs is 1. The van der Waals surface area contributed by atoms with Crippen molar-refractivity contribution in [2.24, 2.45) is 5.41 Å². The van der Waals surface area contributed by atoms with E-state index in [2.05, 4.69) is 0 Å². The Morgan fingerprint density at radius 2 is 2.15 bits per heavy atom. The zero-order chi connectivity index (χ0) is 14.3. The minimum absolute atomic E-state index is 0.0414. The number of rotatable bonds is 2. The number of aliphatic hydroxyl groups is 1. The second kappa shape index (κ2) is 4.70. The fourth-order valence-electron chi connectivity index (χ4n) is 3.58. The molecule has 0 saturated carbocycles. The molecule has 1 amide bonds. The van der Waals surface area contributed by atoms with Gasteiger partial charge in [-0.2, -0.15) is 0 Å². The molecule has 1 aromatic carbocycles. The van der Waals surface area contributed by atoms with Crippen molar-refractivity contribution in [3.8, 4) is 0 Å². The number of aliphatic hydroxyl groups excluding tert-OH is 1. The Kier molecular flexibility index (Phi) is 3.13. The normalized spacial score (nSPS) is 25.1. The van der Waals surface area contributed by atoms with Crippen molar-refractivity contribution in [2.45, 2.75) is 25.7 Å². The van der Waals surface area contributed by atoms with Crippen molar-refractivity contribution < 1.29 is 14.7 Å². The molecule has 4 heteroatoms. The number of ketones is 1. The van der Waals surface area contributed by atoms with Gasteiger partial charge in [0.2, 0.25) is 5.91 Å². The van der Waals surface area contributed by atoms with E-state index in [1.54, 1.807) is 6.07 Å². The zero-order valence-corrected chi connectivity index (χ0v) is 11.7. The van der Waals surface area contributed by atoms with E-state index in [4.69, 9.17) is 5.11 Å². The average molecular weight is 273 g/mol. The molecule has 1 spiro atoms. The van der Waals surface area contributed by atoms with Crippen LogP contribution in [-0.4, -0.2) is 41.9 Å². The number of benzene rings is 1. The molecule has 4 nitrogen and oxygen atoms in total. The molecule has 2 aliphatic rings. The fourth-order valence-corrected chi connectivity index (χ4v) is 3.58. The molecule has 1 N–H and O–H groups in total. The molecule has 1 aromatic rings. The third-order valence-corrected chi connectivity index (χ3v) is 4.69. The van der Waals surface area contributed by atoms with Crippen LogP contribution in [0.4, 0.5) is 0 Å². The van der Waals surface area contributed by atoms with Gasteiger partial charge in [-0.15, -0.1) is 0 Å². The van der Waals surface area contributed by atoms with Crippen LogP contribution >= 0.6 is 0 Å². The van der Waals surface area contributed by atoms with Gasteiger partial charge in [0.15, 0.2) is 5.78 Å². The molecule has 1 fully saturated rings. The van der Waals surface area contributed by atoms with Crippen molar-refractivity contribution in [3.63, 3.8) is 0 Å². The van der Waals surface area contributed by atoms with E-state index in [0.717, 1.165) is 25.8 Å². The van der Waals surface area contributed by atoms with Crippen LogP contribution in [0.5, 0.6) is 0 Å². The molecule has 0 bridgehead atoms. The second-order valence-corrected chi connectivity index (χ2v) is 6.17. The lowest BCUT2D eigenvalue weighted by Crippen LogP contribution is -2.31. The molecule has 1 heterocycles. The first-order valence-electron chi connectivity index (χ1n) is 7.03. The number of hydrogen-bond acceptors (Lipinski definition) is 3. The Morgan fingerprint density at radius 3 is 2.80 bits per heavy atom. The lowest BCUT2D eigenvalue weighted by molar-refractivity contribution is -0.126. The van der Waals surface area contributed by atoms with Crippen LogP contribution in [-0.2, 0) is 17.6 Å². The number of carbonyl (C=O) groups is 2. The van der Waals surface area contributed by atoms with Gasteiger partial charge in [0.1, 0.15) is 6.61 Å². The van der Waals surface area contributed by atoms with Crippen LogP contribution in [0, 0.1) is 5.41 Å². The molecule has 3 rings (SSSR count). The summed E-state index contributed by atoms with van der Waals surface area (Å²) in [6.45, 7) is 0.356. The lowest BCUT2D eigenvalue weighted by Gasteiger charge is -2.34. The SMILES string of the molecule is CN1CC2(CCc3ccc(C(=O)CO)cc3C2)CC1=O. The largest absolute Gasteiger partial charge is 0.388 e. The van der Waals surface area contributed by atoms with E-state index in [-0.39, 0.29) is 17.1 Å². The van der Waals surface area contributed by atoms with Gasteiger partial charge in [-0.25, -0.2) is 0 Å². The molecule has 0 radical (unpaired) electrons. The van der Waals surface area contributed by atoms with E-state index in [0.29, 0.717) is 12.0 Å². The standard InChI is InChI=1S/C16H19NO3/c1-17-10-16(8-15(17)20)5-4-11-2-3-12(14(19)9-18)6-13(11)7-16/h2-3,6,18H,4-5,7-10H2,1H3. The topological polar surface area (TPSA) is 57.6 Å². The summed E-state index contributed by atoms with van der Waals surface area (Å²) in [5.74, 6) is -0.0249. The van der Waals surface area contributed by atoms with Gasteiger partial charge in [-0.1, -0.05) is 12.1 Å². The Hall–Kier alpha value is -1.68. The maximum Gasteiger partial charge on any atom is 0.222 e. The molecular formula is C16H19NO3. The minimum Gasteiger partial charge on any atom is -0.388 e. The lowest BCUT2D eigenvalue weighted by atomic mass is 9.70. The first-order valence-corrected chi connectivity index (χ1v) is 7.03. The van der Waals surface area contributed by atoms with Gasteiger partial charge < -0.3 is 10.0 Å². The first-order chi connectivity index (χ1) is 9.53. The highest BCUT2D eigenvalue weighted by molar-refractivity contribution is 5.97. The molecule has 1 atom stereocenters. The number of hydrogen-bond donors (Lipinski definition) is 1. The molecular weight excluding hydrogens is 254 g/mol. The number of Topliss-reactive ketones (excluding diaryl/α,β-unsaturated/α-hetero) is 1. The van der Waals surface area contributed by atoms with Crippen molar-refractivity contribution in [1.29, 1.82) is 0 Å². The Labute approximate surface area is 118 Å². The van der Waals surface area contributed by atoms with Crippen molar-refractivity contribution in [2.75, 3.05) is 20.2 Å². The second-order valence-electron chi connectivity index (χ2n) is 6.17. The molecule has 106 valence electrons. The fraction of sp³-hybridized carbons (Fsp3) is 0.500. The highest BCUT2D eigenvalue weighted by Gasteiger charge is 2.43. The van der Waals surface area contributed by atoms with Crippen LogP contribution in [0.15, 0.2) is 18.2 Å². The quantitative estimate of drug-likeness (QED) is 0.824. The van der Waals surface area contributed by atoms with Gasteiger partial charge >= 0.3 is 0 Å². The maximum atomic E-state index is 11.8. The van der Waals surface area contributed by atoms with Crippen molar-refractivity contribution in [3.05, 3.63) is 34.9 Å². The van der Waals surface area contributed by atoms with Crippen LogP contribution in [0.25, 0.3) is 0 Å². The number of amides is 1. The van der Waals surface area contributed by atoms with Gasteiger partial charge in [0.25, 0.3) is 0 Å². The summed E-state index contributed by atoms with van der Waals surface area (Å²) in [5, 5.41) is 8.97. The summed E-state index contributed by atoms with van der Waals surface area (Å²) in [4.78, 5) is 25.2. The predicted octanol–water partition coefficient (Wildman–Crippen LogP) is 1.20. The van der Waals surface area contributed by atoms with Crippen LogP contribution in [0.2, 0.25) is 0 Å². The average Bonchev–Trinajstić information content (AvgIpc) is 2.71. The first kappa shape index (κ1) is 13.3. The van der Waals surface area contributed by atoms with Crippen LogP contribution in [0.3, 0.4) is 0 Å². The van der Waals surface area contributed by atoms with Gasteiger partial charge in [0, 0.05) is 31.0 Å². The number of aryl methyl sites for hydroxylation is 1. The molecule has 20 heavy (non-hydrogen) atoms. The number of nitrogens with zero attached hydrogens (tertiary/aromatic N) is 1.